The SMILES string of the molecule is CC1CN(c2cc(Cl)nc(SCC(=O)N3CCN(c4ccc([N+](=O)[O-])cc4)CC3)n2)CCN1C(=O)c1ccccc1. The first-order chi connectivity index (χ1) is 19.8. The molecule has 2 aliphatic rings. The summed E-state index contributed by atoms with van der Waals surface area (Å²) in [5, 5.41) is 11.6. The summed E-state index contributed by atoms with van der Waals surface area (Å²) in [6.45, 7) is 6.19. The summed E-state index contributed by atoms with van der Waals surface area (Å²) in [5.74, 6) is 0.870. The Labute approximate surface area is 247 Å². The summed E-state index contributed by atoms with van der Waals surface area (Å²) in [7, 11) is 0. The third kappa shape index (κ3) is 6.88. The number of benzene rings is 2. The lowest BCUT2D eigenvalue weighted by Crippen LogP contribution is -2.54. The van der Waals surface area contributed by atoms with Crippen LogP contribution in [-0.4, -0.2) is 94.1 Å². The van der Waals surface area contributed by atoms with Gasteiger partial charge in [-0.2, -0.15) is 0 Å². The van der Waals surface area contributed by atoms with Crippen molar-refractivity contribution in [3.63, 3.8) is 0 Å². The van der Waals surface area contributed by atoms with E-state index >= 15 is 0 Å². The molecule has 2 aromatic carbocycles. The molecule has 2 fully saturated rings. The average molecular weight is 596 g/mol. The summed E-state index contributed by atoms with van der Waals surface area (Å²) < 4.78 is 0. The second-order valence-electron chi connectivity index (χ2n) is 9.92. The molecule has 0 radical (unpaired) electrons. The Balaban J connectivity index is 1.13. The molecule has 0 spiro atoms. The van der Waals surface area contributed by atoms with Gasteiger partial charge in [-0.25, -0.2) is 9.97 Å². The van der Waals surface area contributed by atoms with Gasteiger partial charge in [-0.15, -0.1) is 0 Å². The monoisotopic (exact) mass is 595 g/mol. The standard InChI is InChI=1S/C28H30ClN7O4S/c1-20-18-34(15-16-35(20)27(38)21-5-3-2-4-6-21)25-17-24(29)30-28(31-25)41-19-26(37)33-13-11-32(12-14-33)22-7-9-23(10-8-22)36(39)40/h2-10,17,20H,11-16,18-19H2,1H3. The molecule has 0 aliphatic carbocycles. The fraction of sp³-hybridized carbons (Fsp3) is 0.357. The van der Waals surface area contributed by atoms with Gasteiger partial charge < -0.3 is 19.6 Å². The Hall–Kier alpha value is -3.90. The molecular formula is C28H30ClN7O4S. The van der Waals surface area contributed by atoms with Crippen molar-refractivity contribution in [1.82, 2.24) is 19.8 Å². The number of aromatic nitrogens is 2. The zero-order valence-electron chi connectivity index (χ0n) is 22.6. The van der Waals surface area contributed by atoms with Gasteiger partial charge in [0.05, 0.1) is 10.7 Å². The van der Waals surface area contributed by atoms with E-state index in [2.05, 4.69) is 19.8 Å². The van der Waals surface area contributed by atoms with Crippen molar-refractivity contribution in [3.05, 3.63) is 81.5 Å². The molecule has 214 valence electrons. The van der Waals surface area contributed by atoms with Crippen LogP contribution in [0.1, 0.15) is 17.3 Å². The first-order valence-electron chi connectivity index (χ1n) is 13.3. The van der Waals surface area contributed by atoms with Crippen molar-refractivity contribution in [2.45, 2.75) is 18.1 Å². The molecule has 2 aliphatic heterocycles. The number of hydrogen-bond donors (Lipinski definition) is 0. The van der Waals surface area contributed by atoms with Crippen molar-refractivity contribution in [2.75, 3.05) is 61.4 Å². The minimum Gasteiger partial charge on any atom is -0.368 e. The molecule has 3 heterocycles. The van der Waals surface area contributed by atoms with E-state index in [9.17, 15) is 19.7 Å². The number of rotatable bonds is 7. The molecule has 11 nitrogen and oxygen atoms in total. The Morgan fingerprint density at radius 2 is 1.66 bits per heavy atom. The van der Waals surface area contributed by atoms with E-state index in [1.807, 2.05) is 47.1 Å². The first kappa shape index (κ1) is 28.6. The van der Waals surface area contributed by atoms with E-state index in [4.69, 9.17) is 11.6 Å². The van der Waals surface area contributed by atoms with Crippen LogP contribution >= 0.6 is 23.4 Å². The molecule has 5 rings (SSSR count). The number of nitro groups is 1. The van der Waals surface area contributed by atoms with Crippen molar-refractivity contribution in [2.24, 2.45) is 0 Å². The quantitative estimate of drug-likeness (QED) is 0.132. The zero-order valence-corrected chi connectivity index (χ0v) is 24.1. The third-order valence-corrected chi connectivity index (χ3v) is 8.30. The van der Waals surface area contributed by atoms with Crippen LogP contribution in [0.15, 0.2) is 65.8 Å². The molecule has 0 N–H and O–H groups in total. The first-order valence-corrected chi connectivity index (χ1v) is 14.7. The molecule has 13 heteroatoms. The van der Waals surface area contributed by atoms with Gasteiger partial charge >= 0.3 is 0 Å². The molecule has 0 bridgehead atoms. The highest BCUT2D eigenvalue weighted by atomic mass is 35.5. The number of thioether (sulfide) groups is 1. The lowest BCUT2D eigenvalue weighted by atomic mass is 10.1. The molecule has 1 unspecified atom stereocenters. The number of anilines is 2. The molecule has 2 saturated heterocycles. The van der Waals surface area contributed by atoms with Crippen LogP contribution in [0, 0.1) is 10.1 Å². The van der Waals surface area contributed by atoms with E-state index in [0.29, 0.717) is 67.5 Å². The summed E-state index contributed by atoms with van der Waals surface area (Å²) in [6, 6.07) is 17.4. The van der Waals surface area contributed by atoms with Gasteiger partial charge in [-0.3, -0.25) is 19.7 Å². The van der Waals surface area contributed by atoms with Gasteiger partial charge in [0.15, 0.2) is 5.16 Å². The van der Waals surface area contributed by atoms with E-state index < -0.39 is 4.92 Å². The second kappa shape index (κ2) is 12.7. The maximum atomic E-state index is 13.0. The maximum Gasteiger partial charge on any atom is 0.269 e. The Morgan fingerprint density at radius 1 is 0.976 bits per heavy atom. The Morgan fingerprint density at radius 3 is 2.32 bits per heavy atom. The number of amides is 2. The average Bonchev–Trinajstić information content (AvgIpc) is 3.00. The van der Waals surface area contributed by atoms with Gasteiger partial charge in [-0.05, 0) is 31.2 Å². The number of nitrogens with zero attached hydrogens (tertiary/aromatic N) is 7. The van der Waals surface area contributed by atoms with Crippen molar-refractivity contribution in [3.8, 4) is 0 Å². The number of hydrogen-bond acceptors (Lipinski definition) is 9. The summed E-state index contributed by atoms with van der Waals surface area (Å²) in [6.07, 6.45) is 0. The van der Waals surface area contributed by atoms with Crippen molar-refractivity contribution in [1.29, 1.82) is 0 Å². The minimum atomic E-state index is -0.416. The lowest BCUT2D eigenvalue weighted by molar-refractivity contribution is -0.384. The van der Waals surface area contributed by atoms with Crippen LogP contribution in [0.4, 0.5) is 17.2 Å². The van der Waals surface area contributed by atoms with Crippen LogP contribution in [0.25, 0.3) is 0 Å². The minimum absolute atomic E-state index is 0.00913. The number of piperazine rings is 2. The zero-order chi connectivity index (χ0) is 28.9. The molecule has 41 heavy (non-hydrogen) atoms. The van der Waals surface area contributed by atoms with E-state index in [-0.39, 0.29) is 29.3 Å². The highest BCUT2D eigenvalue weighted by Crippen LogP contribution is 2.26. The number of nitro benzene ring substituents is 1. The van der Waals surface area contributed by atoms with Crippen LogP contribution in [-0.2, 0) is 4.79 Å². The van der Waals surface area contributed by atoms with E-state index in [0.717, 1.165) is 5.69 Å². The smallest absolute Gasteiger partial charge is 0.269 e. The maximum absolute atomic E-state index is 13.0. The predicted molar refractivity (Wildman–Crippen MR) is 159 cm³/mol. The third-order valence-electron chi connectivity index (χ3n) is 7.28. The van der Waals surface area contributed by atoms with E-state index in [1.165, 1.54) is 23.9 Å². The van der Waals surface area contributed by atoms with Crippen molar-refractivity contribution < 1.29 is 14.5 Å². The van der Waals surface area contributed by atoms with Gasteiger partial charge in [-0.1, -0.05) is 41.6 Å². The summed E-state index contributed by atoms with van der Waals surface area (Å²) in [4.78, 5) is 53.3. The van der Waals surface area contributed by atoms with Gasteiger partial charge in [0.2, 0.25) is 5.91 Å². The molecule has 1 atom stereocenters. The highest BCUT2D eigenvalue weighted by Gasteiger charge is 2.29. The second-order valence-corrected chi connectivity index (χ2v) is 11.3. The van der Waals surface area contributed by atoms with Crippen LogP contribution in [0.5, 0.6) is 0 Å². The predicted octanol–water partition coefficient (Wildman–Crippen LogP) is 3.83. The molecule has 2 amide bonds. The normalized spacial score (nSPS) is 17.5. The number of carbonyl (C=O) groups excluding carboxylic acids is 2. The Bertz CT molecular complexity index is 1400. The molecule has 1 aromatic heterocycles. The van der Waals surface area contributed by atoms with Crippen LogP contribution in [0.3, 0.4) is 0 Å². The molecule has 0 saturated carbocycles. The topological polar surface area (TPSA) is 116 Å². The van der Waals surface area contributed by atoms with Crippen molar-refractivity contribution >= 4 is 52.4 Å². The van der Waals surface area contributed by atoms with Gasteiger partial charge in [0, 0.05) is 81.3 Å². The van der Waals surface area contributed by atoms with E-state index in [1.54, 1.807) is 18.2 Å². The molecular weight excluding hydrogens is 566 g/mol. The lowest BCUT2D eigenvalue weighted by Gasteiger charge is -2.40. The summed E-state index contributed by atoms with van der Waals surface area (Å²) in [5.41, 5.74) is 1.63. The Kier molecular flexibility index (Phi) is 8.89. The number of halogens is 1. The number of carbonyl (C=O) groups is 2. The molecule has 3 aromatic rings. The van der Waals surface area contributed by atoms with Gasteiger partial charge in [0.1, 0.15) is 11.0 Å². The fourth-order valence-corrected chi connectivity index (χ4v) is 6.03. The highest BCUT2D eigenvalue weighted by molar-refractivity contribution is 7.99. The fourth-order valence-electron chi connectivity index (χ4n) is 5.04. The summed E-state index contributed by atoms with van der Waals surface area (Å²) >= 11 is 7.59. The van der Waals surface area contributed by atoms with Crippen LogP contribution < -0.4 is 9.80 Å². The number of non-ortho nitro benzene ring substituents is 1. The largest absolute Gasteiger partial charge is 0.368 e. The van der Waals surface area contributed by atoms with Gasteiger partial charge in [0.25, 0.3) is 11.6 Å². The van der Waals surface area contributed by atoms with Crippen LogP contribution in [0.2, 0.25) is 5.15 Å².